The van der Waals surface area contributed by atoms with Crippen molar-refractivity contribution in [3.63, 3.8) is 0 Å². The minimum absolute atomic E-state index is 0.0111. The van der Waals surface area contributed by atoms with Crippen LogP contribution >= 0.6 is 11.6 Å². The first-order chi connectivity index (χ1) is 15.7. The van der Waals surface area contributed by atoms with Gasteiger partial charge in [-0.15, -0.1) is 0 Å². The van der Waals surface area contributed by atoms with E-state index in [1.807, 2.05) is 11.8 Å². The van der Waals surface area contributed by atoms with Gasteiger partial charge >= 0.3 is 6.09 Å². The Morgan fingerprint density at radius 3 is 2.53 bits per heavy atom. The predicted molar refractivity (Wildman–Crippen MR) is 124 cm³/mol. The van der Waals surface area contributed by atoms with Crippen LogP contribution in [-0.2, 0) is 14.6 Å². The van der Waals surface area contributed by atoms with Crippen molar-refractivity contribution < 1.29 is 27.1 Å². The lowest BCUT2D eigenvalue weighted by Gasteiger charge is -2.48. The summed E-state index contributed by atoms with van der Waals surface area (Å²) in [5, 5.41) is -0.872. The first kappa shape index (κ1) is 24.6. The first-order valence-corrected chi connectivity index (χ1v) is 13.2. The molecule has 186 valence electrons. The molecule has 0 radical (unpaired) electrons. The average molecular weight is 516 g/mol. The molecular weight excluding hydrogens is 489 g/mol. The SMILES string of the molecule is CCC1[C@H]2[C@H](C)Oc3nc(Cl)c(F)c4nc(S(C)(=O)=O)nc(c34)N2CCN1C(=O)OC(C)(C)C. The molecule has 0 aliphatic carbocycles. The number of rotatable bonds is 2. The van der Waals surface area contributed by atoms with E-state index in [1.165, 1.54) is 0 Å². The van der Waals surface area contributed by atoms with Crippen LogP contribution in [0.2, 0.25) is 5.15 Å². The summed E-state index contributed by atoms with van der Waals surface area (Å²) in [7, 11) is -3.88. The molecule has 2 aliphatic heterocycles. The summed E-state index contributed by atoms with van der Waals surface area (Å²) in [6.07, 6.45) is 0.513. The molecule has 3 atom stereocenters. The summed E-state index contributed by atoms with van der Waals surface area (Å²) in [6.45, 7) is 9.70. The van der Waals surface area contributed by atoms with Gasteiger partial charge in [-0.3, -0.25) is 0 Å². The largest absolute Gasteiger partial charge is 0.472 e. The summed E-state index contributed by atoms with van der Waals surface area (Å²) in [5.41, 5.74) is -0.952. The molecule has 0 saturated carbocycles. The lowest BCUT2D eigenvalue weighted by atomic mass is 9.94. The normalized spacial score (nSPS) is 22.8. The van der Waals surface area contributed by atoms with Gasteiger partial charge in [0.2, 0.25) is 20.9 Å². The Bertz CT molecular complexity index is 1270. The van der Waals surface area contributed by atoms with E-state index in [4.69, 9.17) is 21.1 Å². The third-order valence-corrected chi connectivity index (χ3v) is 6.93. The minimum atomic E-state index is -3.88. The second-order valence-corrected chi connectivity index (χ2v) is 11.8. The maximum absolute atomic E-state index is 15.0. The van der Waals surface area contributed by atoms with Crippen LogP contribution in [0.1, 0.15) is 41.0 Å². The molecular formula is C21H27ClFN5O5S. The van der Waals surface area contributed by atoms with Crippen LogP contribution < -0.4 is 9.64 Å². The van der Waals surface area contributed by atoms with Crippen LogP contribution in [0.4, 0.5) is 15.0 Å². The van der Waals surface area contributed by atoms with Gasteiger partial charge in [0.1, 0.15) is 28.4 Å². The minimum Gasteiger partial charge on any atom is -0.472 e. The number of nitrogens with zero attached hydrogens (tertiary/aromatic N) is 5. The third kappa shape index (κ3) is 4.21. The monoisotopic (exact) mass is 515 g/mol. The topological polar surface area (TPSA) is 115 Å². The number of ether oxygens (including phenoxy) is 2. The highest BCUT2D eigenvalue weighted by atomic mass is 35.5. The van der Waals surface area contributed by atoms with Gasteiger partial charge in [-0.05, 0) is 34.1 Å². The Hall–Kier alpha value is -2.47. The average Bonchev–Trinajstić information content (AvgIpc) is 2.84. The number of fused-ring (bicyclic) bond motifs is 2. The number of carbonyl (C=O) groups is 1. The van der Waals surface area contributed by atoms with Crippen LogP contribution in [0.3, 0.4) is 0 Å². The van der Waals surface area contributed by atoms with Crippen molar-refractivity contribution in [3.05, 3.63) is 11.0 Å². The van der Waals surface area contributed by atoms with Gasteiger partial charge in [-0.1, -0.05) is 18.5 Å². The summed E-state index contributed by atoms with van der Waals surface area (Å²) < 4.78 is 51.4. The summed E-state index contributed by atoms with van der Waals surface area (Å²) >= 11 is 5.99. The zero-order chi connectivity index (χ0) is 25.2. The lowest BCUT2D eigenvalue weighted by molar-refractivity contribution is 0.000925. The maximum Gasteiger partial charge on any atom is 0.410 e. The molecule has 0 spiro atoms. The number of aromatic nitrogens is 3. The lowest BCUT2D eigenvalue weighted by Crippen LogP contribution is -2.65. The first-order valence-electron chi connectivity index (χ1n) is 10.9. The number of piperazine rings is 1. The van der Waals surface area contributed by atoms with Crippen LogP contribution in [0.15, 0.2) is 5.16 Å². The molecule has 4 heterocycles. The molecule has 1 saturated heterocycles. The molecule has 0 N–H and O–H groups in total. The summed E-state index contributed by atoms with van der Waals surface area (Å²) in [6, 6.07) is -0.812. The van der Waals surface area contributed by atoms with E-state index in [-0.39, 0.29) is 41.7 Å². The Morgan fingerprint density at radius 1 is 1.26 bits per heavy atom. The number of anilines is 1. The highest BCUT2D eigenvalue weighted by Gasteiger charge is 2.46. The predicted octanol–water partition coefficient (Wildman–Crippen LogP) is 3.21. The van der Waals surface area contributed by atoms with E-state index in [9.17, 15) is 17.6 Å². The number of hydrogen-bond donors (Lipinski definition) is 0. The molecule has 13 heteroatoms. The molecule has 2 aromatic rings. The van der Waals surface area contributed by atoms with E-state index in [0.717, 1.165) is 6.26 Å². The number of halogens is 2. The molecule has 4 rings (SSSR count). The van der Waals surface area contributed by atoms with Gasteiger partial charge in [0.25, 0.3) is 0 Å². The fourth-order valence-electron chi connectivity index (χ4n) is 4.53. The molecule has 34 heavy (non-hydrogen) atoms. The molecule has 1 fully saturated rings. The van der Waals surface area contributed by atoms with Crippen molar-refractivity contribution in [1.82, 2.24) is 19.9 Å². The number of pyridine rings is 1. The Labute approximate surface area is 202 Å². The third-order valence-electron chi connectivity index (χ3n) is 5.84. The van der Waals surface area contributed by atoms with E-state index in [0.29, 0.717) is 6.42 Å². The van der Waals surface area contributed by atoms with Crippen LogP contribution in [0.5, 0.6) is 5.88 Å². The summed E-state index contributed by atoms with van der Waals surface area (Å²) in [5.74, 6) is -0.764. The molecule has 2 aromatic heterocycles. The summed E-state index contributed by atoms with van der Waals surface area (Å²) in [4.78, 5) is 28.8. The van der Waals surface area contributed by atoms with Crippen molar-refractivity contribution in [2.45, 2.75) is 70.0 Å². The van der Waals surface area contributed by atoms with E-state index < -0.39 is 49.8 Å². The number of sulfone groups is 1. The molecule has 10 nitrogen and oxygen atoms in total. The highest BCUT2D eigenvalue weighted by molar-refractivity contribution is 7.90. The van der Waals surface area contributed by atoms with Gasteiger partial charge < -0.3 is 19.3 Å². The number of amides is 1. The van der Waals surface area contributed by atoms with Gasteiger partial charge in [0, 0.05) is 19.3 Å². The molecule has 2 aliphatic rings. The quantitative estimate of drug-likeness (QED) is 0.439. The van der Waals surface area contributed by atoms with Crippen LogP contribution in [0.25, 0.3) is 10.9 Å². The van der Waals surface area contributed by atoms with Crippen LogP contribution in [0, 0.1) is 5.82 Å². The van der Waals surface area contributed by atoms with Gasteiger partial charge in [0.15, 0.2) is 11.0 Å². The zero-order valence-corrected chi connectivity index (χ0v) is 21.4. The Morgan fingerprint density at radius 2 is 1.94 bits per heavy atom. The van der Waals surface area contributed by atoms with Gasteiger partial charge in [-0.2, -0.15) is 4.98 Å². The highest BCUT2D eigenvalue weighted by Crippen LogP contribution is 2.42. The molecule has 1 unspecified atom stereocenters. The van der Waals surface area contributed by atoms with Gasteiger partial charge in [-0.25, -0.2) is 27.6 Å². The van der Waals surface area contributed by atoms with E-state index in [2.05, 4.69) is 15.0 Å². The smallest absolute Gasteiger partial charge is 0.410 e. The fraction of sp³-hybridized carbons (Fsp3) is 0.619. The zero-order valence-electron chi connectivity index (χ0n) is 19.8. The molecule has 0 bridgehead atoms. The van der Waals surface area contributed by atoms with Gasteiger partial charge in [0.05, 0.1) is 12.1 Å². The molecule has 1 amide bonds. The van der Waals surface area contributed by atoms with E-state index in [1.54, 1.807) is 32.6 Å². The number of carbonyl (C=O) groups excluding carboxylic acids is 1. The van der Waals surface area contributed by atoms with E-state index >= 15 is 0 Å². The van der Waals surface area contributed by atoms with Crippen molar-refractivity contribution in [1.29, 1.82) is 0 Å². The van der Waals surface area contributed by atoms with Crippen LogP contribution in [-0.4, -0.2) is 77.5 Å². The Kier molecular flexibility index (Phi) is 6.04. The van der Waals surface area contributed by atoms with Crippen molar-refractivity contribution in [2.75, 3.05) is 24.2 Å². The van der Waals surface area contributed by atoms with Crippen molar-refractivity contribution in [2.24, 2.45) is 0 Å². The standard InChI is InChI=1S/C21H27ClFN5O5S/c1-7-11-15-10(2)32-18-12-14(13(23)16(22)25-18)24-19(34(6,30)31)26-17(12)28(15)9-8-27(11)20(29)33-21(3,4)5/h10-11,15H,7-9H2,1-6H3/t10-,11?,15+/m0/s1. The second-order valence-electron chi connectivity index (χ2n) is 9.50. The Balaban J connectivity index is 1.90. The van der Waals surface area contributed by atoms with Crippen molar-refractivity contribution >= 4 is 44.3 Å². The van der Waals surface area contributed by atoms with Crippen molar-refractivity contribution in [3.8, 4) is 5.88 Å². The maximum atomic E-state index is 15.0. The molecule has 0 aromatic carbocycles. The fourth-order valence-corrected chi connectivity index (χ4v) is 5.20. The number of hydrogen-bond acceptors (Lipinski definition) is 9. The second kappa shape index (κ2) is 8.33.